The van der Waals surface area contributed by atoms with E-state index in [4.69, 9.17) is 42.3 Å². The summed E-state index contributed by atoms with van der Waals surface area (Å²) in [5.74, 6) is 1.05. The van der Waals surface area contributed by atoms with Gasteiger partial charge in [0.2, 0.25) is 0 Å². The fraction of sp³-hybridized carbons (Fsp3) is 0.185. The molecule has 4 rings (SSSR count). The highest BCUT2D eigenvalue weighted by molar-refractivity contribution is 6.39. The van der Waals surface area contributed by atoms with Crippen LogP contribution in [0.15, 0.2) is 71.3 Å². The van der Waals surface area contributed by atoms with Crippen molar-refractivity contribution >= 4 is 29.2 Å². The number of ether oxygens (including phenoxy) is 2. The first-order valence-corrected chi connectivity index (χ1v) is 11.7. The lowest BCUT2D eigenvalue weighted by molar-refractivity contribution is 0.0697. The van der Waals surface area contributed by atoms with Gasteiger partial charge in [-0.2, -0.15) is 0 Å². The zero-order valence-electron chi connectivity index (χ0n) is 19.1. The van der Waals surface area contributed by atoms with E-state index in [-0.39, 0.29) is 18.1 Å². The topological polar surface area (TPSA) is 81.8 Å². The van der Waals surface area contributed by atoms with E-state index in [9.17, 15) is 4.79 Å². The van der Waals surface area contributed by atoms with Gasteiger partial charge in [0.15, 0.2) is 0 Å². The molecular weight excluding hydrogens is 489 g/mol. The molecule has 0 aliphatic heterocycles. The minimum atomic E-state index is -0.977. The van der Waals surface area contributed by atoms with Crippen molar-refractivity contribution in [2.75, 3.05) is 0 Å². The van der Waals surface area contributed by atoms with Crippen LogP contribution >= 0.6 is 23.2 Å². The lowest BCUT2D eigenvalue weighted by Crippen LogP contribution is -2.02. The quantitative estimate of drug-likeness (QED) is 0.248. The summed E-state index contributed by atoms with van der Waals surface area (Å²) in [6.07, 6.45) is 0. The van der Waals surface area contributed by atoms with Crippen LogP contribution in [0.1, 0.15) is 47.0 Å². The van der Waals surface area contributed by atoms with Gasteiger partial charge >= 0.3 is 5.97 Å². The summed E-state index contributed by atoms with van der Waals surface area (Å²) < 4.78 is 17.5. The number of halogens is 2. The summed E-state index contributed by atoms with van der Waals surface area (Å²) in [5, 5.41) is 14.2. The Morgan fingerprint density at radius 1 is 0.943 bits per heavy atom. The number of hydrogen-bond donors (Lipinski definition) is 1. The molecule has 0 bridgehead atoms. The number of aromatic carboxylic acids is 1. The van der Waals surface area contributed by atoms with Crippen molar-refractivity contribution in [1.29, 1.82) is 0 Å². The van der Waals surface area contributed by atoms with Gasteiger partial charge in [-0.25, -0.2) is 4.79 Å². The fourth-order valence-electron chi connectivity index (χ4n) is 3.58. The van der Waals surface area contributed by atoms with Crippen LogP contribution in [0.5, 0.6) is 11.5 Å². The zero-order chi connectivity index (χ0) is 24.9. The van der Waals surface area contributed by atoms with E-state index in [2.05, 4.69) is 5.16 Å². The molecule has 1 N–H and O–H groups in total. The molecule has 8 heteroatoms. The van der Waals surface area contributed by atoms with Gasteiger partial charge in [0, 0.05) is 11.5 Å². The average molecular weight is 512 g/mol. The average Bonchev–Trinajstić information content (AvgIpc) is 3.25. The highest BCUT2D eigenvalue weighted by Gasteiger charge is 2.23. The molecular formula is C27H23Cl2NO5. The number of aromatic nitrogens is 1. The lowest BCUT2D eigenvalue weighted by Gasteiger charge is -2.12. The van der Waals surface area contributed by atoms with E-state index < -0.39 is 5.97 Å². The SMILES string of the molecule is CC(C)c1onc(-c2c(Cl)cccc2Cl)c1COc1cccc(COc2ccc(C(=O)O)cc2)c1. The minimum absolute atomic E-state index is 0.0864. The van der Waals surface area contributed by atoms with E-state index in [1.54, 1.807) is 30.3 Å². The Hall–Kier alpha value is -3.48. The van der Waals surface area contributed by atoms with Crippen molar-refractivity contribution in [3.05, 3.63) is 99.2 Å². The second-order valence-corrected chi connectivity index (χ2v) is 8.99. The van der Waals surface area contributed by atoms with Gasteiger partial charge in [-0.15, -0.1) is 0 Å². The number of hydrogen-bond acceptors (Lipinski definition) is 5. The van der Waals surface area contributed by atoms with Crippen LogP contribution in [0, 0.1) is 0 Å². The van der Waals surface area contributed by atoms with Crippen molar-refractivity contribution in [2.45, 2.75) is 33.0 Å². The Kier molecular flexibility index (Phi) is 7.63. The van der Waals surface area contributed by atoms with Gasteiger partial charge in [-0.3, -0.25) is 0 Å². The van der Waals surface area contributed by atoms with Gasteiger partial charge in [0.25, 0.3) is 0 Å². The van der Waals surface area contributed by atoms with Gasteiger partial charge in [-0.1, -0.05) is 60.4 Å². The molecule has 1 heterocycles. The summed E-state index contributed by atoms with van der Waals surface area (Å²) in [7, 11) is 0. The van der Waals surface area contributed by atoms with Crippen LogP contribution in [-0.4, -0.2) is 16.2 Å². The Bertz CT molecular complexity index is 1310. The molecule has 180 valence electrons. The molecule has 0 saturated carbocycles. The number of carboxylic acid groups (broad SMARTS) is 1. The maximum absolute atomic E-state index is 11.0. The molecule has 0 aliphatic rings. The second kappa shape index (κ2) is 10.8. The monoisotopic (exact) mass is 511 g/mol. The van der Waals surface area contributed by atoms with Crippen molar-refractivity contribution < 1.29 is 23.9 Å². The fourth-order valence-corrected chi connectivity index (χ4v) is 4.15. The third kappa shape index (κ3) is 5.78. The van der Waals surface area contributed by atoms with Crippen LogP contribution in [0.4, 0.5) is 0 Å². The molecule has 0 fully saturated rings. The maximum Gasteiger partial charge on any atom is 0.335 e. The van der Waals surface area contributed by atoms with E-state index in [1.807, 2.05) is 38.1 Å². The molecule has 35 heavy (non-hydrogen) atoms. The van der Waals surface area contributed by atoms with Crippen molar-refractivity contribution in [1.82, 2.24) is 5.16 Å². The Balaban J connectivity index is 1.50. The Morgan fingerprint density at radius 2 is 1.60 bits per heavy atom. The Morgan fingerprint density at radius 3 is 2.26 bits per heavy atom. The summed E-state index contributed by atoms with van der Waals surface area (Å²) in [5.41, 5.74) is 3.07. The van der Waals surface area contributed by atoms with E-state index >= 15 is 0 Å². The van der Waals surface area contributed by atoms with Gasteiger partial charge in [-0.05, 0) is 54.1 Å². The first-order valence-electron chi connectivity index (χ1n) is 10.9. The van der Waals surface area contributed by atoms with Crippen molar-refractivity contribution in [3.8, 4) is 22.8 Å². The van der Waals surface area contributed by atoms with Gasteiger partial charge in [0.05, 0.1) is 21.2 Å². The van der Waals surface area contributed by atoms with E-state index in [0.29, 0.717) is 45.2 Å². The van der Waals surface area contributed by atoms with Crippen LogP contribution in [-0.2, 0) is 13.2 Å². The predicted octanol–water partition coefficient (Wildman–Crippen LogP) is 7.63. The van der Waals surface area contributed by atoms with E-state index in [1.165, 1.54) is 12.1 Å². The second-order valence-electron chi connectivity index (χ2n) is 8.18. The Labute approximate surface area is 213 Å². The molecule has 0 atom stereocenters. The molecule has 0 aliphatic carbocycles. The van der Waals surface area contributed by atoms with Crippen molar-refractivity contribution in [3.63, 3.8) is 0 Å². The lowest BCUT2D eigenvalue weighted by atomic mass is 10.0. The van der Waals surface area contributed by atoms with Crippen LogP contribution in [0.25, 0.3) is 11.3 Å². The minimum Gasteiger partial charge on any atom is -0.489 e. The normalized spacial score (nSPS) is 11.0. The predicted molar refractivity (Wildman–Crippen MR) is 135 cm³/mol. The van der Waals surface area contributed by atoms with Crippen LogP contribution < -0.4 is 9.47 Å². The molecule has 1 aromatic heterocycles. The highest BCUT2D eigenvalue weighted by atomic mass is 35.5. The molecule has 0 saturated heterocycles. The largest absolute Gasteiger partial charge is 0.489 e. The van der Waals surface area contributed by atoms with Crippen LogP contribution in [0.3, 0.4) is 0 Å². The third-order valence-electron chi connectivity index (χ3n) is 5.33. The smallest absolute Gasteiger partial charge is 0.335 e. The first-order chi connectivity index (χ1) is 16.8. The maximum atomic E-state index is 11.0. The highest BCUT2D eigenvalue weighted by Crippen LogP contribution is 2.38. The molecule has 0 amide bonds. The molecule has 0 unspecified atom stereocenters. The number of nitrogens with zero attached hydrogens (tertiary/aromatic N) is 1. The number of rotatable bonds is 9. The zero-order valence-corrected chi connectivity index (χ0v) is 20.6. The van der Waals surface area contributed by atoms with Crippen molar-refractivity contribution in [2.24, 2.45) is 0 Å². The number of carbonyl (C=O) groups is 1. The summed E-state index contributed by atoms with van der Waals surface area (Å²) in [6, 6.07) is 19.1. The first kappa shape index (κ1) is 24.6. The molecule has 3 aromatic carbocycles. The molecule has 4 aromatic rings. The van der Waals surface area contributed by atoms with Crippen LogP contribution in [0.2, 0.25) is 10.0 Å². The van der Waals surface area contributed by atoms with Gasteiger partial charge < -0.3 is 19.1 Å². The molecule has 0 spiro atoms. The van der Waals surface area contributed by atoms with E-state index in [0.717, 1.165) is 11.1 Å². The molecule has 6 nitrogen and oxygen atoms in total. The number of carboxylic acids is 1. The summed E-state index contributed by atoms with van der Waals surface area (Å²) in [4.78, 5) is 11.0. The summed E-state index contributed by atoms with van der Waals surface area (Å²) >= 11 is 12.8. The number of benzene rings is 3. The molecule has 0 radical (unpaired) electrons. The summed E-state index contributed by atoms with van der Waals surface area (Å²) in [6.45, 7) is 4.55. The standard InChI is InChI=1S/C27H23Cl2NO5/c1-16(2)26-21(25(30-35-26)24-22(28)7-4-8-23(24)29)15-34-20-6-3-5-17(13-20)14-33-19-11-9-18(10-12-19)27(31)32/h3-13,16H,14-15H2,1-2H3,(H,31,32). The third-order valence-corrected chi connectivity index (χ3v) is 5.96. The van der Waals surface area contributed by atoms with Gasteiger partial charge in [0.1, 0.15) is 36.2 Å².